The Kier molecular flexibility index (Phi) is 7.87. The van der Waals surface area contributed by atoms with Crippen molar-refractivity contribution in [2.75, 3.05) is 0 Å². The normalized spacial score (nSPS) is 27.4. The predicted molar refractivity (Wildman–Crippen MR) is 159 cm³/mol. The van der Waals surface area contributed by atoms with Gasteiger partial charge >= 0.3 is 13.1 Å². The molecule has 4 aromatic carbocycles. The number of benzene rings is 4. The molecule has 0 aliphatic heterocycles. The predicted octanol–water partition coefficient (Wildman–Crippen LogP) is 12.6. The van der Waals surface area contributed by atoms with E-state index in [4.69, 9.17) is 0 Å². The molecule has 0 amide bonds. The molecule has 0 aromatic heterocycles. The molecule has 4 aliphatic rings. The molecule has 0 spiro atoms. The van der Waals surface area contributed by atoms with Crippen LogP contribution in [0.25, 0.3) is 23.3 Å². The zero-order valence-electron chi connectivity index (χ0n) is 26.8. The van der Waals surface area contributed by atoms with Gasteiger partial charge in [-0.15, -0.1) is 0 Å². The third-order valence-electron chi connectivity index (χ3n) is 11.3. The first-order chi connectivity index (χ1) is 26.5. The fourth-order valence-electron chi connectivity index (χ4n) is 9.16. The average molecular weight is 847 g/mol. The Morgan fingerprint density at radius 1 is 0.281 bits per heavy atom. The lowest BCUT2D eigenvalue weighted by molar-refractivity contribution is 0.105. The molecule has 0 saturated carbocycles. The highest BCUT2D eigenvalue weighted by molar-refractivity contribution is 6.91. The van der Waals surface area contributed by atoms with Gasteiger partial charge in [0.25, 0.3) is 0 Å². The van der Waals surface area contributed by atoms with Gasteiger partial charge in [0.1, 0.15) is 23.3 Å². The largest absolute Gasteiger partial charge is 0.387 e. The summed E-state index contributed by atoms with van der Waals surface area (Å²) in [5, 5.41) is 0. The molecule has 0 fully saturated rings. The van der Waals surface area contributed by atoms with Crippen LogP contribution in [0.1, 0.15) is 44.5 Å². The highest BCUT2D eigenvalue weighted by Crippen LogP contribution is 2.78. The highest BCUT2D eigenvalue weighted by Gasteiger charge is 2.92. The highest BCUT2D eigenvalue weighted by atomic mass is 27.2. The summed E-state index contributed by atoms with van der Waals surface area (Å²) in [6.07, 6.45) is 0. The van der Waals surface area contributed by atoms with Crippen molar-refractivity contribution in [1.82, 2.24) is 0 Å². The fraction of sp³-hybridized carbons (Fsp3) is 0.111. The topological polar surface area (TPSA) is 0 Å². The number of rotatable bonds is 4. The quantitative estimate of drug-likeness (QED) is 0.142. The molecule has 0 bridgehead atoms. The number of allylic oxidation sites excluding steroid dienone is 4. The van der Waals surface area contributed by atoms with E-state index in [2.05, 4.69) is 0 Å². The second kappa shape index (κ2) is 11.6. The third-order valence-corrected chi connectivity index (χ3v) is 18.3. The monoisotopic (exact) mass is 847 g/mol. The Balaban J connectivity index is 1.78. The molecule has 0 nitrogen and oxygen atoms in total. The van der Waals surface area contributed by atoms with Gasteiger partial charge in [-0.05, 0) is 46.5 Å². The first-order valence-electron chi connectivity index (χ1n) is 15.6. The second-order valence-electron chi connectivity index (χ2n) is 13.4. The van der Waals surface area contributed by atoms with Crippen LogP contribution in [0.2, 0.25) is 0 Å². The zero-order chi connectivity index (χ0) is 42.0. The second-order valence-corrected chi connectivity index (χ2v) is 18.3. The summed E-state index contributed by atoms with van der Waals surface area (Å²) >= 11 is -10.2. The Morgan fingerprint density at radius 3 is 0.632 bits per heavy atom. The molecule has 57 heavy (non-hydrogen) atoms. The zero-order valence-corrected chi connectivity index (χ0v) is 27.9. The summed E-state index contributed by atoms with van der Waals surface area (Å²) < 4.78 is 303. The van der Waals surface area contributed by atoms with Crippen LogP contribution in [0.3, 0.4) is 0 Å². The number of alkyl halides is 4. The summed E-state index contributed by atoms with van der Waals surface area (Å²) in [6, 6.07) is -3.06. The van der Waals surface area contributed by atoms with Gasteiger partial charge < -0.3 is 0 Å². The van der Waals surface area contributed by atoms with Crippen molar-refractivity contribution < 1.29 is 87.8 Å². The van der Waals surface area contributed by atoms with Crippen molar-refractivity contribution in [2.24, 2.45) is 0 Å². The van der Waals surface area contributed by atoms with Crippen LogP contribution in [0.5, 0.6) is 0 Å². The molecule has 4 aromatic rings. The van der Waals surface area contributed by atoms with Crippen molar-refractivity contribution in [3.05, 3.63) is 163 Å². The molecule has 4 aliphatic carbocycles. The van der Waals surface area contributed by atoms with Gasteiger partial charge in [-0.3, -0.25) is 17.6 Å². The number of hydrogen-bond acceptors (Lipinski definition) is 0. The van der Waals surface area contributed by atoms with Crippen LogP contribution in [-0.4, -0.2) is 13.1 Å². The van der Waals surface area contributed by atoms with Crippen LogP contribution in [0.15, 0.2) is 71.8 Å². The average Bonchev–Trinajstić information content (AvgIpc) is 3.67. The number of halogens is 20. The third kappa shape index (κ3) is 3.82. The van der Waals surface area contributed by atoms with E-state index in [1.54, 1.807) is 0 Å². The Labute approximate surface area is 305 Å². The smallest absolute Gasteiger partial charge is 0.281 e. The van der Waals surface area contributed by atoms with Crippen molar-refractivity contribution >= 4 is 36.4 Å². The molecule has 0 N–H and O–H groups in total. The SMILES string of the molecule is FC1=C(F)[C](F)([Al-]([C]2(F)C(F)=C(F)c3c2ccc(F)c3F)([C]2(F)C(F)=C(F)c3c2ccc(F)c3F)[C]2(F)C(F)=C(F)c3c2ccc(F)c3F)c2ccc(F)c(F)c21. The van der Waals surface area contributed by atoms with Crippen molar-refractivity contribution in [2.45, 2.75) is 18.1 Å². The van der Waals surface area contributed by atoms with E-state index < -0.39 is 193 Å². The van der Waals surface area contributed by atoms with E-state index in [-0.39, 0.29) is 24.3 Å². The minimum Gasteiger partial charge on any atom is -0.281 e. The van der Waals surface area contributed by atoms with Crippen LogP contribution in [0, 0.1) is 46.5 Å². The molecule has 4 atom stereocenters. The number of hydrogen-bond donors (Lipinski definition) is 0. The summed E-state index contributed by atoms with van der Waals surface area (Å²) in [5.41, 5.74) is -20.2. The fourth-order valence-corrected chi connectivity index (χ4v) is 17.3. The van der Waals surface area contributed by atoms with E-state index >= 15 is 70.2 Å². The van der Waals surface area contributed by atoms with Crippen LogP contribution in [0.4, 0.5) is 87.8 Å². The van der Waals surface area contributed by atoms with E-state index in [1.807, 2.05) is 0 Å². The van der Waals surface area contributed by atoms with Crippen LogP contribution in [-0.2, 0) is 18.1 Å². The molecular weight excluding hydrogens is 839 g/mol. The van der Waals surface area contributed by atoms with Gasteiger partial charge in [0, 0.05) is 0 Å². The molecule has 0 heterocycles. The van der Waals surface area contributed by atoms with Gasteiger partial charge in [0.05, 0.1) is 40.4 Å². The van der Waals surface area contributed by atoms with Gasteiger partial charge in [-0.25, -0.2) is 70.2 Å². The standard InChI is InChI=1S/4C9H2F5.Al/c4*10-4-2-1-3-5(7(4)12)8(13)9(14)6(3)11;/h4*1-2H;/q;;;;-1. The van der Waals surface area contributed by atoms with Gasteiger partial charge in [0.2, 0.25) is 0 Å². The summed E-state index contributed by atoms with van der Waals surface area (Å²) in [6.45, 7) is 0. The minimum atomic E-state index is -10.2. The van der Waals surface area contributed by atoms with E-state index in [0.29, 0.717) is 0 Å². The van der Waals surface area contributed by atoms with Crippen molar-refractivity contribution in [1.29, 1.82) is 0 Å². The summed E-state index contributed by atoms with van der Waals surface area (Å²) in [5.74, 6) is -48.1. The molecule has 0 radical (unpaired) electrons. The first-order valence-corrected chi connectivity index (χ1v) is 17.9. The maximum absolute atomic E-state index is 19.1. The molecule has 0 saturated heterocycles. The van der Waals surface area contributed by atoms with Crippen molar-refractivity contribution in [3.63, 3.8) is 0 Å². The molecular formula is C36H8AlF20-. The van der Waals surface area contributed by atoms with E-state index in [0.717, 1.165) is 0 Å². The van der Waals surface area contributed by atoms with Crippen LogP contribution < -0.4 is 0 Å². The molecule has 8 rings (SSSR count). The van der Waals surface area contributed by atoms with Crippen LogP contribution >= 0.6 is 0 Å². The maximum Gasteiger partial charge on any atom is 0.387 e. The molecule has 296 valence electrons. The Bertz CT molecular complexity index is 2360. The lowest BCUT2D eigenvalue weighted by Gasteiger charge is -2.63. The number of fused-ring (bicyclic) bond motifs is 4. The lowest BCUT2D eigenvalue weighted by atomic mass is 10.1. The Hall–Kier alpha value is -5.03. The van der Waals surface area contributed by atoms with E-state index in [9.17, 15) is 17.6 Å². The van der Waals surface area contributed by atoms with Gasteiger partial charge in [-0.1, -0.05) is 24.3 Å². The summed E-state index contributed by atoms with van der Waals surface area (Å²) in [4.78, 5) is 0. The van der Waals surface area contributed by atoms with Gasteiger partial charge in [0.15, 0.2) is 69.8 Å². The first kappa shape index (κ1) is 38.8. The minimum absolute atomic E-state index is 0.349. The molecule has 21 heteroatoms. The van der Waals surface area contributed by atoms with Crippen molar-refractivity contribution in [3.8, 4) is 0 Å². The lowest BCUT2D eigenvalue weighted by Crippen LogP contribution is -2.83. The maximum atomic E-state index is 19.1. The molecule has 4 unspecified atom stereocenters. The Morgan fingerprint density at radius 2 is 0.456 bits per heavy atom. The summed E-state index contributed by atoms with van der Waals surface area (Å²) in [7, 11) is 0. The van der Waals surface area contributed by atoms with E-state index in [1.165, 1.54) is 0 Å². The van der Waals surface area contributed by atoms with Gasteiger partial charge in [-0.2, -0.15) is 0 Å².